The van der Waals surface area contributed by atoms with Crippen LogP contribution in [0, 0.1) is 0 Å². The molecule has 2 aliphatic heterocycles. The zero-order valence-electron chi connectivity index (χ0n) is 16.8. The molecule has 4 rings (SSSR count). The first-order valence-electron chi connectivity index (χ1n) is 9.82. The van der Waals surface area contributed by atoms with Gasteiger partial charge in [-0.05, 0) is 16.7 Å². The highest BCUT2D eigenvalue weighted by Gasteiger charge is 2.54. The number of alkyl halides is 1. The molecule has 0 aliphatic carbocycles. The van der Waals surface area contributed by atoms with Crippen LogP contribution in [0.3, 0.4) is 0 Å². The first kappa shape index (κ1) is 21.9. The molecule has 1 fully saturated rings. The van der Waals surface area contributed by atoms with E-state index in [9.17, 15) is 14.4 Å². The minimum absolute atomic E-state index is 0.264. The fourth-order valence-electron chi connectivity index (χ4n) is 3.74. The maximum absolute atomic E-state index is 13.4. The summed E-state index contributed by atoms with van der Waals surface area (Å²) in [6.45, 7) is 1.38. The molecule has 8 heteroatoms. The molecule has 0 bridgehead atoms. The van der Waals surface area contributed by atoms with Gasteiger partial charge in [-0.3, -0.25) is 14.5 Å². The number of hydrogen-bond acceptors (Lipinski definition) is 5. The normalized spacial score (nSPS) is 20.2. The van der Waals surface area contributed by atoms with Crippen LogP contribution in [0.1, 0.15) is 24.2 Å². The predicted molar refractivity (Wildman–Crippen MR) is 127 cm³/mol. The Labute approximate surface area is 198 Å². The number of hydrogen-bond donors (Lipinski definition) is 1. The summed E-state index contributed by atoms with van der Waals surface area (Å²) in [6, 6.07) is 18.5. The van der Waals surface area contributed by atoms with E-state index in [-0.39, 0.29) is 17.2 Å². The van der Waals surface area contributed by atoms with Crippen LogP contribution in [0.15, 0.2) is 71.9 Å². The van der Waals surface area contributed by atoms with E-state index in [4.69, 9.17) is 4.74 Å². The van der Waals surface area contributed by atoms with Crippen LogP contribution < -0.4 is 5.32 Å². The van der Waals surface area contributed by atoms with Gasteiger partial charge in [-0.15, -0.1) is 11.8 Å². The van der Waals surface area contributed by atoms with E-state index in [1.54, 1.807) is 11.8 Å². The number of rotatable bonds is 6. The van der Waals surface area contributed by atoms with Gasteiger partial charge in [0, 0.05) is 17.1 Å². The lowest BCUT2D eigenvalue weighted by Crippen LogP contribution is -2.70. The van der Waals surface area contributed by atoms with Crippen molar-refractivity contribution in [3.05, 3.63) is 83.1 Å². The van der Waals surface area contributed by atoms with E-state index in [2.05, 4.69) is 27.9 Å². The number of esters is 1. The van der Waals surface area contributed by atoms with Crippen molar-refractivity contribution in [3.8, 4) is 0 Å². The van der Waals surface area contributed by atoms with Gasteiger partial charge in [0.25, 0.3) is 5.91 Å². The molecular formula is C23H21IN2O4S. The summed E-state index contributed by atoms with van der Waals surface area (Å²) in [5.74, 6) is -0.458. The van der Waals surface area contributed by atoms with E-state index >= 15 is 0 Å². The van der Waals surface area contributed by atoms with Gasteiger partial charge in [0.15, 0.2) is 6.10 Å². The molecule has 0 saturated carbocycles. The summed E-state index contributed by atoms with van der Waals surface area (Å²) in [6.07, 6.45) is -0.589. The number of carbonyl (C=O) groups excluding carboxylic acids is 3. The van der Waals surface area contributed by atoms with Crippen LogP contribution in [-0.2, 0) is 19.1 Å². The third-order valence-electron chi connectivity index (χ3n) is 5.19. The van der Waals surface area contributed by atoms with Crippen molar-refractivity contribution in [1.82, 2.24) is 10.2 Å². The molecule has 0 unspecified atom stereocenters. The standard InChI is InChI=1S/C23H21IN2O4S/c1-14(27)25-18-21(28)26-19(17(12-24)13-31-22(18)26)23(29)30-20(15-8-4-2-5-9-15)16-10-6-3-7-11-16/h2-11,18,20,22H,12-13H2,1H3,(H,25,27)/t18-,22-/m1/s1. The highest BCUT2D eigenvalue weighted by Crippen LogP contribution is 2.42. The lowest BCUT2D eigenvalue weighted by molar-refractivity contribution is -0.154. The summed E-state index contributed by atoms with van der Waals surface area (Å²) in [7, 11) is 0. The second kappa shape index (κ2) is 9.44. The van der Waals surface area contributed by atoms with E-state index in [0.717, 1.165) is 16.7 Å². The summed E-state index contributed by atoms with van der Waals surface area (Å²) in [5.41, 5.74) is 2.88. The Bertz CT molecular complexity index is 989. The number of benzene rings is 2. The molecule has 1 saturated heterocycles. The molecular weight excluding hydrogens is 527 g/mol. The van der Waals surface area contributed by atoms with Gasteiger partial charge in [0.2, 0.25) is 5.91 Å². The fraction of sp³-hybridized carbons (Fsp3) is 0.261. The van der Waals surface area contributed by atoms with Crippen LogP contribution in [0.2, 0.25) is 0 Å². The molecule has 2 aromatic carbocycles. The van der Waals surface area contributed by atoms with Gasteiger partial charge in [-0.25, -0.2) is 4.79 Å². The highest BCUT2D eigenvalue weighted by molar-refractivity contribution is 14.1. The van der Waals surface area contributed by atoms with Crippen molar-refractivity contribution < 1.29 is 19.1 Å². The molecule has 0 spiro atoms. The molecule has 0 aromatic heterocycles. The van der Waals surface area contributed by atoms with Crippen molar-refractivity contribution in [3.63, 3.8) is 0 Å². The minimum atomic E-state index is -0.611. The van der Waals surface area contributed by atoms with E-state index < -0.39 is 18.1 Å². The third-order valence-corrected chi connectivity index (χ3v) is 7.45. The Morgan fingerprint density at radius 3 is 2.23 bits per heavy atom. The SMILES string of the molecule is CC(=O)N[C@@H]1C(=O)N2C(C(=O)OC(c3ccccc3)c3ccccc3)=C(CI)CS[C@H]12. The first-order valence-corrected chi connectivity index (χ1v) is 12.4. The summed E-state index contributed by atoms with van der Waals surface area (Å²) in [5, 5.41) is 2.39. The number of fused-ring (bicyclic) bond motifs is 1. The summed E-state index contributed by atoms with van der Waals surface area (Å²) < 4.78 is 6.63. The van der Waals surface area contributed by atoms with Gasteiger partial charge < -0.3 is 10.1 Å². The van der Waals surface area contributed by atoms with E-state index in [1.165, 1.54) is 11.8 Å². The van der Waals surface area contributed by atoms with Gasteiger partial charge in [0.1, 0.15) is 17.1 Å². The Hall–Kier alpha value is -2.33. The summed E-state index contributed by atoms with van der Waals surface area (Å²) in [4.78, 5) is 39.2. The van der Waals surface area contributed by atoms with Crippen LogP contribution in [0.4, 0.5) is 0 Å². The average molecular weight is 548 g/mol. The molecule has 31 heavy (non-hydrogen) atoms. The topological polar surface area (TPSA) is 75.7 Å². The van der Waals surface area contributed by atoms with Gasteiger partial charge in [-0.2, -0.15) is 0 Å². The first-order chi connectivity index (χ1) is 15.0. The Morgan fingerprint density at radius 1 is 1.13 bits per heavy atom. The number of β-lactam (4-membered cyclic amide) rings is 1. The molecule has 2 heterocycles. The third kappa shape index (κ3) is 4.36. The molecule has 2 aliphatic rings. The monoisotopic (exact) mass is 548 g/mol. The van der Waals surface area contributed by atoms with Crippen molar-refractivity contribution in [2.24, 2.45) is 0 Å². The quantitative estimate of drug-likeness (QED) is 0.259. The fourth-order valence-corrected chi connectivity index (χ4v) is 6.08. The number of nitrogens with zero attached hydrogens (tertiary/aromatic N) is 1. The van der Waals surface area contributed by atoms with Crippen LogP contribution in [0.25, 0.3) is 0 Å². The number of amides is 2. The van der Waals surface area contributed by atoms with Gasteiger partial charge in [-0.1, -0.05) is 83.3 Å². The summed E-state index contributed by atoms with van der Waals surface area (Å²) >= 11 is 3.75. The second-order valence-electron chi connectivity index (χ2n) is 7.28. The van der Waals surface area contributed by atoms with Crippen LogP contribution >= 0.6 is 34.4 Å². The van der Waals surface area contributed by atoms with Crippen molar-refractivity contribution >= 4 is 52.1 Å². The number of ether oxygens (including phenoxy) is 1. The molecule has 2 amide bonds. The lowest BCUT2D eigenvalue weighted by Gasteiger charge is -2.49. The van der Waals surface area contributed by atoms with Crippen molar-refractivity contribution in [1.29, 1.82) is 0 Å². The number of carbonyl (C=O) groups is 3. The molecule has 160 valence electrons. The van der Waals surface area contributed by atoms with Crippen LogP contribution in [0.5, 0.6) is 0 Å². The zero-order chi connectivity index (χ0) is 22.0. The maximum Gasteiger partial charge on any atom is 0.356 e. The number of nitrogens with one attached hydrogen (secondary N) is 1. The van der Waals surface area contributed by atoms with Gasteiger partial charge in [0.05, 0.1) is 0 Å². The molecule has 2 atom stereocenters. The Morgan fingerprint density at radius 2 is 1.71 bits per heavy atom. The minimum Gasteiger partial charge on any atom is -0.448 e. The maximum atomic E-state index is 13.4. The molecule has 6 nitrogen and oxygen atoms in total. The average Bonchev–Trinajstić information content (AvgIpc) is 2.80. The largest absolute Gasteiger partial charge is 0.448 e. The second-order valence-corrected chi connectivity index (χ2v) is 9.15. The Kier molecular flexibility index (Phi) is 6.66. The lowest BCUT2D eigenvalue weighted by atomic mass is 10.0. The van der Waals surface area contributed by atoms with E-state index in [0.29, 0.717) is 15.9 Å². The smallest absolute Gasteiger partial charge is 0.356 e. The Balaban J connectivity index is 1.64. The van der Waals surface area contributed by atoms with Crippen molar-refractivity contribution in [2.45, 2.75) is 24.4 Å². The predicted octanol–water partition coefficient (Wildman–Crippen LogP) is 3.43. The number of halogens is 1. The van der Waals surface area contributed by atoms with Gasteiger partial charge >= 0.3 is 5.97 Å². The van der Waals surface area contributed by atoms with E-state index in [1.807, 2.05) is 60.7 Å². The number of thioether (sulfide) groups is 1. The highest BCUT2D eigenvalue weighted by atomic mass is 127. The molecule has 1 N–H and O–H groups in total. The van der Waals surface area contributed by atoms with Crippen LogP contribution in [-0.4, -0.2) is 44.3 Å². The molecule has 0 radical (unpaired) electrons. The molecule has 2 aromatic rings. The van der Waals surface area contributed by atoms with Crippen molar-refractivity contribution in [2.75, 3.05) is 10.2 Å². The zero-order valence-corrected chi connectivity index (χ0v) is 19.8.